The number of carbonyl (C=O) groups is 6. The Balaban J connectivity index is -0.000000430. The normalized spacial score (nSPS) is 9.38. The van der Waals surface area contributed by atoms with E-state index in [1.54, 1.807) is 70.5 Å². The largest absolute Gasteiger partial charge is 0.417 e. The molecule has 0 heterocycles. The van der Waals surface area contributed by atoms with E-state index in [2.05, 4.69) is 31.9 Å². The van der Waals surface area contributed by atoms with E-state index in [0.717, 1.165) is 28.3 Å². The summed E-state index contributed by atoms with van der Waals surface area (Å²) in [5.41, 5.74) is 5.39. The molecule has 0 aliphatic rings. The van der Waals surface area contributed by atoms with E-state index >= 15 is 0 Å². The topological polar surface area (TPSA) is 218 Å². The maximum Gasteiger partial charge on any atom is 0.417 e. The highest BCUT2D eigenvalue weighted by Crippen LogP contribution is 2.33. The van der Waals surface area contributed by atoms with Gasteiger partial charge in [-0.2, -0.15) is 13.2 Å². The first-order chi connectivity index (χ1) is 35.6. The highest BCUT2D eigenvalue weighted by Gasteiger charge is 2.35. The Morgan fingerprint density at radius 1 is 0.412 bits per heavy atom. The van der Waals surface area contributed by atoms with Crippen LogP contribution in [0.25, 0.3) is 0 Å². The number of carbonyl (C=O) groups excluding carboxylic acids is 6. The third-order valence-corrected chi connectivity index (χ3v) is 11.3. The number of hydrogen-bond acceptors (Lipinski definition) is 8. The van der Waals surface area contributed by atoms with Crippen LogP contribution in [0.3, 0.4) is 0 Å². The van der Waals surface area contributed by atoms with Crippen molar-refractivity contribution in [1.82, 2.24) is 31.9 Å². The van der Waals surface area contributed by atoms with Gasteiger partial charge in [0.25, 0.3) is 41.1 Å². The first-order valence-corrected chi connectivity index (χ1v) is 23.9. The van der Waals surface area contributed by atoms with Crippen molar-refractivity contribution in [3.63, 3.8) is 0 Å². The highest BCUT2D eigenvalue weighted by atomic mass is 35.5. The van der Waals surface area contributed by atoms with Crippen LogP contribution in [0.2, 0.25) is 20.1 Å². The number of para-hydroxylation sites is 1. The second-order valence-corrected chi connectivity index (χ2v) is 17.3. The molecule has 0 atom stereocenters. The number of benzene rings is 6. The van der Waals surface area contributed by atoms with Crippen LogP contribution in [0.4, 0.5) is 18.9 Å². The van der Waals surface area contributed by atoms with Crippen LogP contribution in [-0.4, -0.2) is 82.7 Å². The predicted molar refractivity (Wildman–Crippen MR) is 321 cm³/mol. The molecule has 6 aromatic rings. The minimum Gasteiger partial charge on any atom is -0.355 e. The molecule has 0 unspecified atom stereocenters. The summed E-state index contributed by atoms with van der Waals surface area (Å²) in [5, 5.41) is 26.8. The van der Waals surface area contributed by atoms with Gasteiger partial charge in [0, 0.05) is 53.9 Å². The summed E-state index contributed by atoms with van der Waals surface area (Å²) in [6, 6.07) is 30.9. The smallest absolute Gasteiger partial charge is 0.355 e. The van der Waals surface area contributed by atoms with Gasteiger partial charge in [-0.05, 0) is 100 Å². The number of hydrogen-bond donors (Lipinski definition) is 6. The van der Waals surface area contributed by atoms with Crippen molar-refractivity contribution in [3.05, 3.63) is 212 Å². The predicted octanol–water partition coefficient (Wildman–Crippen LogP) is 13.9. The molecule has 0 aliphatic carbocycles. The van der Waals surface area contributed by atoms with E-state index in [0.29, 0.717) is 42.3 Å². The monoisotopic (exact) mass is 1190 g/mol. The second kappa shape index (κ2) is 39.0. The molecule has 0 spiro atoms. The summed E-state index contributed by atoms with van der Waals surface area (Å²) in [7, 11) is 9.07. The Labute approximate surface area is 488 Å². The van der Waals surface area contributed by atoms with Crippen LogP contribution in [0.5, 0.6) is 0 Å². The Morgan fingerprint density at radius 3 is 1.24 bits per heavy atom. The molecule has 22 heteroatoms. The lowest BCUT2D eigenvalue weighted by Crippen LogP contribution is -2.22. The van der Waals surface area contributed by atoms with Crippen LogP contribution in [0.1, 0.15) is 125 Å². The van der Waals surface area contributed by atoms with E-state index in [4.69, 9.17) is 46.4 Å². The lowest BCUT2D eigenvalue weighted by atomic mass is 10.0. The summed E-state index contributed by atoms with van der Waals surface area (Å²) in [4.78, 5) is 77.1. The van der Waals surface area contributed by atoms with Crippen LogP contribution < -0.4 is 31.9 Å². The quantitative estimate of drug-likeness (QED) is 0.0666. The molecule has 6 N–H and O–H groups in total. The summed E-state index contributed by atoms with van der Waals surface area (Å²) >= 11 is 23.2. The van der Waals surface area contributed by atoms with Gasteiger partial charge in [0.15, 0.2) is 0 Å². The Kier molecular flexibility index (Phi) is 38.5. The average molecular weight is 1200 g/mol. The van der Waals surface area contributed by atoms with Crippen molar-refractivity contribution in [2.45, 2.75) is 70.5 Å². The summed E-state index contributed by atoms with van der Waals surface area (Å²) < 4.78 is 37.6. The van der Waals surface area contributed by atoms with Crippen molar-refractivity contribution in [2.75, 3.05) is 42.3 Å². The minimum absolute atomic E-state index is 0. The van der Waals surface area contributed by atoms with Gasteiger partial charge in [0.1, 0.15) is 5.56 Å². The Hall–Kier alpha value is -7.51. The van der Waals surface area contributed by atoms with Crippen molar-refractivity contribution >= 4 is 87.5 Å². The lowest BCUT2D eigenvalue weighted by Gasteiger charge is -2.12. The molecular formula is C58H74Cl4F3N7O8. The molecule has 0 aromatic heterocycles. The Morgan fingerprint density at radius 2 is 0.787 bits per heavy atom. The summed E-state index contributed by atoms with van der Waals surface area (Å²) in [5.74, 6) is -1.77. The molecule has 0 saturated heterocycles. The van der Waals surface area contributed by atoms with Gasteiger partial charge in [0.2, 0.25) is 0 Å². The molecule has 438 valence electrons. The number of nitro benzene ring substituents is 1. The van der Waals surface area contributed by atoms with Crippen molar-refractivity contribution in [3.8, 4) is 0 Å². The van der Waals surface area contributed by atoms with Gasteiger partial charge in [0.05, 0.1) is 52.8 Å². The molecule has 6 amide bonds. The maximum atomic E-state index is 12.5. The number of rotatable bonds is 7. The third-order valence-electron chi connectivity index (χ3n) is 10.1. The van der Waals surface area contributed by atoms with Gasteiger partial charge >= 0.3 is 6.18 Å². The van der Waals surface area contributed by atoms with E-state index in [-0.39, 0.29) is 70.1 Å². The van der Waals surface area contributed by atoms with E-state index in [1.807, 2.05) is 64.1 Å². The number of alkyl halides is 3. The van der Waals surface area contributed by atoms with Gasteiger partial charge in [-0.15, -0.1) is 0 Å². The van der Waals surface area contributed by atoms with Crippen molar-refractivity contribution in [2.24, 2.45) is 0 Å². The molecule has 15 nitrogen and oxygen atoms in total. The van der Waals surface area contributed by atoms with Crippen molar-refractivity contribution < 1.29 is 46.9 Å². The fourth-order valence-electron chi connectivity index (χ4n) is 6.22. The molecule has 6 rings (SSSR count). The van der Waals surface area contributed by atoms with Crippen LogP contribution in [0, 0.1) is 44.7 Å². The summed E-state index contributed by atoms with van der Waals surface area (Å²) in [6.07, 6.45) is -4.51. The molecule has 0 saturated carbocycles. The zero-order valence-corrected chi connectivity index (χ0v) is 46.4. The third kappa shape index (κ3) is 25.1. The van der Waals surface area contributed by atoms with E-state index in [1.165, 1.54) is 57.0 Å². The number of nitrogens with one attached hydrogen (secondary N) is 6. The van der Waals surface area contributed by atoms with Gasteiger partial charge in [-0.25, -0.2) is 0 Å². The lowest BCUT2D eigenvalue weighted by molar-refractivity contribution is -0.385. The molecule has 0 radical (unpaired) electrons. The molecule has 0 aliphatic heterocycles. The zero-order chi connectivity index (χ0) is 58.0. The fourth-order valence-corrected chi connectivity index (χ4v) is 7.30. The first kappa shape index (κ1) is 79.0. The summed E-state index contributed by atoms with van der Waals surface area (Å²) in [6.45, 7) is 9.28. The fraction of sp³-hybridized carbons (Fsp3) is 0.276. The number of amides is 6. The molecular weight excluding hydrogens is 1120 g/mol. The van der Waals surface area contributed by atoms with Gasteiger partial charge in [-0.3, -0.25) is 38.9 Å². The van der Waals surface area contributed by atoms with E-state index in [9.17, 15) is 52.1 Å². The maximum absolute atomic E-state index is 12.5. The zero-order valence-electron chi connectivity index (χ0n) is 43.3. The standard InChI is InChI=1S/C10H10F3NO.C10H13NO.2C9H10ClNO.C8H7Cl2NO.C8H8N2O3.4CH4/c1-6-3-4-7(9(15)14-2)8(5-6)10(11,12)13;1-7-4-5-9(8(2)6-7)10(12)11-3;1-6-3-4-8(10)7(5-6)9(12)11-2;1-6-4-3-5-7(10)8(6)9(12)11-2;1-11-8(12)7-5(9)3-2-4-6(7)10;1-9-8(11)6-4-2-3-5-7(6)10(12)13;;;;/h3-5H,1-2H3,(H,14,15);4-6H,1-3H3,(H,11,12);2*3-5H,1-2H3,(H,11,12);2-4H,1H3,(H,11,12);2-5H,1H3,(H,9,11);4*1H4. The minimum atomic E-state index is -4.51. The number of nitro groups is 1. The molecule has 6 aromatic carbocycles. The first-order valence-electron chi connectivity index (χ1n) is 22.4. The number of aryl methyl sites for hydroxylation is 5. The van der Waals surface area contributed by atoms with Crippen molar-refractivity contribution in [1.29, 1.82) is 0 Å². The van der Waals surface area contributed by atoms with Gasteiger partial charge in [-0.1, -0.05) is 147 Å². The molecule has 0 fully saturated rings. The average Bonchev–Trinajstić information content (AvgIpc) is 3.38. The Bertz CT molecular complexity index is 2910. The second-order valence-electron chi connectivity index (χ2n) is 15.6. The van der Waals surface area contributed by atoms with Crippen LogP contribution in [-0.2, 0) is 6.18 Å². The van der Waals surface area contributed by atoms with Crippen LogP contribution in [0.15, 0.2) is 115 Å². The van der Waals surface area contributed by atoms with Gasteiger partial charge < -0.3 is 31.9 Å². The number of nitrogens with zero attached hydrogens (tertiary/aromatic N) is 1. The van der Waals surface area contributed by atoms with E-state index < -0.39 is 28.5 Å². The molecule has 80 heavy (non-hydrogen) atoms. The number of halogens is 7. The highest BCUT2D eigenvalue weighted by molar-refractivity contribution is 6.39. The SMILES string of the molecule is C.C.C.C.CNC(=O)c1c(C)cccc1Cl.CNC(=O)c1c(Cl)cccc1Cl.CNC(=O)c1cc(C)ccc1Cl.CNC(=O)c1ccc(C)cc1C.CNC(=O)c1ccc(C)cc1C(F)(F)F.CNC(=O)c1ccccc1[N+](=O)[O-]. The van der Waals surface area contributed by atoms with Crippen LogP contribution >= 0.6 is 46.4 Å². The molecule has 0 bridgehead atoms.